The van der Waals surface area contributed by atoms with Crippen molar-refractivity contribution in [1.82, 2.24) is 19.7 Å². The van der Waals surface area contributed by atoms with Crippen molar-refractivity contribution in [2.75, 3.05) is 26.0 Å². The van der Waals surface area contributed by atoms with Gasteiger partial charge in [0.1, 0.15) is 10.7 Å². The van der Waals surface area contributed by atoms with E-state index >= 15 is 0 Å². The number of anilines is 1. The molecule has 0 unspecified atom stereocenters. The number of amides is 1. The van der Waals surface area contributed by atoms with Crippen molar-refractivity contribution < 1.29 is 4.79 Å². The molecule has 2 aromatic rings. The maximum Gasteiger partial charge on any atom is 0.276 e. The molecule has 20 heavy (non-hydrogen) atoms. The summed E-state index contributed by atoms with van der Waals surface area (Å²) < 4.78 is 1.79. The summed E-state index contributed by atoms with van der Waals surface area (Å²) in [4.78, 5) is 18.2. The number of nitrogens with zero attached hydrogens (tertiary/aromatic N) is 4. The van der Waals surface area contributed by atoms with E-state index in [0.29, 0.717) is 18.1 Å². The molecular formula is C12H18N6OS. The first-order chi connectivity index (χ1) is 9.58. The molecule has 0 bridgehead atoms. The van der Waals surface area contributed by atoms with E-state index in [1.807, 2.05) is 20.3 Å². The first-order valence-electron chi connectivity index (χ1n) is 6.22. The van der Waals surface area contributed by atoms with E-state index in [1.165, 1.54) is 11.3 Å². The summed E-state index contributed by atoms with van der Waals surface area (Å²) in [6.45, 7) is 2.01. The second-order valence-electron chi connectivity index (χ2n) is 4.55. The van der Waals surface area contributed by atoms with Crippen LogP contribution in [0.1, 0.15) is 15.5 Å². The molecule has 0 saturated carbocycles. The predicted molar refractivity (Wildman–Crippen MR) is 78.7 cm³/mol. The summed E-state index contributed by atoms with van der Waals surface area (Å²) in [7, 11) is 4.01. The molecule has 0 aromatic carbocycles. The van der Waals surface area contributed by atoms with E-state index in [2.05, 4.69) is 20.3 Å². The molecule has 1 amide bonds. The lowest BCUT2D eigenvalue weighted by Gasteiger charge is -2.08. The zero-order chi connectivity index (χ0) is 14.5. The average Bonchev–Trinajstić information content (AvgIpc) is 3.05. The fourth-order valence-electron chi connectivity index (χ4n) is 1.54. The lowest BCUT2D eigenvalue weighted by molar-refractivity contribution is 0.102. The van der Waals surface area contributed by atoms with E-state index in [4.69, 9.17) is 5.73 Å². The number of hydrogen-bond donors (Lipinski definition) is 2. The standard InChI is InChI=1S/C12H18N6OS/c1-17(2)5-6-18-4-3-10(16-18)15-12(19)9-8-20-11(7-13)14-9/h3-4,8H,5-7,13H2,1-2H3,(H,15,16,19). The minimum atomic E-state index is -0.265. The molecule has 0 spiro atoms. The fraction of sp³-hybridized carbons (Fsp3) is 0.417. The molecule has 0 aliphatic rings. The molecule has 7 nitrogen and oxygen atoms in total. The van der Waals surface area contributed by atoms with Crippen LogP contribution in [0.5, 0.6) is 0 Å². The number of rotatable bonds is 6. The minimum Gasteiger partial charge on any atom is -0.325 e. The first kappa shape index (κ1) is 14.6. The summed E-state index contributed by atoms with van der Waals surface area (Å²) in [6.07, 6.45) is 1.84. The maximum atomic E-state index is 12.0. The van der Waals surface area contributed by atoms with Gasteiger partial charge in [-0.1, -0.05) is 0 Å². The molecule has 0 fully saturated rings. The van der Waals surface area contributed by atoms with Crippen molar-refractivity contribution in [2.24, 2.45) is 5.73 Å². The van der Waals surface area contributed by atoms with Gasteiger partial charge >= 0.3 is 0 Å². The number of carbonyl (C=O) groups is 1. The van der Waals surface area contributed by atoms with Crippen LogP contribution in [-0.4, -0.2) is 46.2 Å². The minimum absolute atomic E-state index is 0.265. The molecule has 2 heterocycles. The quantitative estimate of drug-likeness (QED) is 0.815. The topological polar surface area (TPSA) is 89.1 Å². The molecule has 108 valence electrons. The number of aromatic nitrogens is 3. The molecule has 8 heteroatoms. The highest BCUT2D eigenvalue weighted by Gasteiger charge is 2.11. The van der Waals surface area contributed by atoms with Crippen LogP contribution in [0.2, 0.25) is 0 Å². The van der Waals surface area contributed by atoms with E-state index in [0.717, 1.165) is 18.1 Å². The van der Waals surface area contributed by atoms with Gasteiger partial charge in [0, 0.05) is 30.7 Å². The Labute approximate surface area is 121 Å². The van der Waals surface area contributed by atoms with Gasteiger partial charge in [0.25, 0.3) is 5.91 Å². The van der Waals surface area contributed by atoms with Gasteiger partial charge in [-0.25, -0.2) is 4.98 Å². The molecule has 0 atom stereocenters. The Balaban J connectivity index is 1.94. The van der Waals surface area contributed by atoms with Crippen LogP contribution >= 0.6 is 11.3 Å². The Morgan fingerprint density at radius 2 is 2.35 bits per heavy atom. The van der Waals surface area contributed by atoms with E-state index in [1.54, 1.807) is 16.1 Å². The Bertz CT molecular complexity index is 576. The summed E-state index contributed by atoms with van der Waals surface area (Å²) in [5.41, 5.74) is 5.85. The number of carbonyl (C=O) groups excluding carboxylic acids is 1. The van der Waals surface area contributed by atoms with Crippen molar-refractivity contribution in [3.05, 3.63) is 28.3 Å². The molecule has 0 aliphatic carbocycles. The SMILES string of the molecule is CN(C)CCn1ccc(NC(=O)c2csc(CN)n2)n1. The number of nitrogens with one attached hydrogen (secondary N) is 1. The van der Waals surface area contributed by atoms with Crippen LogP contribution in [0.4, 0.5) is 5.82 Å². The van der Waals surface area contributed by atoms with E-state index < -0.39 is 0 Å². The summed E-state index contributed by atoms with van der Waals surface area (Å²) in [5, 5.41) is 9.44. The van der Waals surface area contributed by atoms with Gasteiger partial charge in [0.15, 0.2) is 5.82 Å². The lowest BCUT2D eigenvalue weighted by Crippen LogP contribution is -2.19. The van der Waals surface area contributed by atoms with Crippen LogP contribution in [-0.2, 0) is 13.1 Å². The van der Waals surface area contributed by atoms with Gasteiger partial charge in [0.05, 0.1) is 6.54 Å². The normalized spacial score (nSPS) is 11.0. The average molecular weight is 294 g/mol. The van der Waals surface area contributed by atoms with Gasteiger partial charge in [0.2, 0.25) is 0 Å². The van der Waals surface area contributed by atoms with Crippen molar-refractivity contribution in [2.45, 2.75) is 13.1 Å². The number of nitrogens with two attached hydrogens (primary N) is 1. The van der Waals surface area contributed by atoms with Gasteiger partial charge in [-0.3, -0.25) is 9.48 Å². The van der Waals surface area contributed by atoms with Crippen LogP contribution in [0.15, 0.2) is 17.6 Å². The summed E-state index contributed by atoms with van der Waals surface area (Å²) in [5.74, 6) is 0.259. The van der Waals surface area contributed by atoms with Gasteiger partial charge in [-0.05, 0) is 14.1 Å². The Morgan fingerprint density at radius 1 is 1.55 bits per heavy atom. The number of likely N-dealkylation sites (N-methyl/N-ethyl adjacent to an activating group) is 1. The zero-order valence-corrected chi connectivity index (χ0v) is 12.4. The molecule has 0 radical (unpaired) electrons. The smallest absolute Gasteiger partial charge is 0.276 e. The molecule has 0 saturated heterocycles. The fourth-order valence-corrected chi connectivity index (χ4v) is 2.20. The largest absolute Gasteiger partial charge is 0.325 e. The van der Waals surface area contributed by atoms with Crippen LogP contribution in [0.25, 0.3) is 0 Å². The second kappa shape index (κ2) is 6.60. The van der Waals surface area contributed by atoms with Crippen molar-refractivity contribution >= 4 is 23.1 Å². The molecule has 3 N–H and O–H groups in total. The van der Waals surface area contributed by atoms with E-state index in [-0.39, 0.29) is 5.91 Å². The van der Waals surface area contributed by atoms with Gasteiger partial charge in [-0.2, -0.15) is 5.10 Å². The third-order valence-electron chi connectivity index (χ3n) is 2.62. The number of thiazole rings is 1. The van der Waals surface area contributed by atoms with E-state index in [9.17, 15) is 4.79 Å². The van der Waals surface area contributed by atoms with Crippen LogP contribution in [0, 0.1) is 0 Å². The highest BCUT2D eigenvalue weighted by Crippen LogP contribution is 2.11. The predicted octanol–water partition coefficient (Wildman–Crippen LogP) is 0.612. The van der Waals surface area contributed by atoms with Crippen LogP contribution < -0.4 is 11.1 Å². The van der Waals surface area contributed by atoms with Gasteiger partial charge < -0.3 is 16.0 Å². The first-order valence-corrected chi connectivity index (χ1v) is 7.10. The summed E-state index contributed by atoms with van der Waals surface area (Å²) in [6, 6.07) is 1.77. The second-order valence-corrected chi connectivity index (χ2v) is 5.49. The maximum absolute atomic E-state index is 12.0. The van der Waals surface area contributed by atoms with Gasteiger partial charge in [-0.15, -0.1) is 11.3 Å². The Hall–Kier alpha value is -1.77. The molecule has 0 aliphatic heterocycles. The molecule has 2 rings (SSSR count). The Kier molecular flexibility index (Phi) is 4.83. The summed E-state index contributed by atoms with van der Waals surface area (Å²) >= 11 is 1.38. The lowest BCUT2D eigenvalue weighted by atomic mass is 10.4. The molecule has 2 aromatic heterocycles. The van der Waals surface area contributed by atoms with Crippen molar-refractivity contribution in [3.8, 4) is 0 Å². The Morgan fingerprint density at radius 3 is 3.00 bits per heavy atom. The highest BCUT2D eigenvalue weighted by molar-refractivity contribution is 7.09. The number of hydrogen-bond acceptors (Lipinski definition) is 6. The molecular weight excluding hydrogens is 276 g/mol. The van der Waals surface area contributed by atoms with Crippen LogP contribution in [0.3, 0.4) is 0 Å². The third-order valence-corrected chi connectivity index (χ3v) is 3.49. The zero-order valence-electron chi connectivity index (χ0n) is 11.5. The van der Waals surface area contributed by atoms with Crippen molar-refractivity contribution in [1.29, 1.82) is 0 Å². The highest BCUT2D eigenvalue weighted by atomic mass is 32.1. The third kappa shape index (κ3) is 3.86. The monoisotopic (exact) mass is 294 g/mol. The van der Waals surface area contributed by atoms with Crippen molar-refractivity contribution in [3.63, 3.8) is 0 Å².